The molecule has 3 rings (SSSR count). The maximum atomic E-state index is 11.0. The molecule has 1 aromatic heterocycles. The molecule has 2 aromatic rings. The Bertz CT molecular complexity index is 666. The first-order valence-electron chi connectivity index (χ1n) is 6.64. The van der Waals surface area contributed by atoms with Crippen LogP contribution in [-0.2, 0) is 12.8 Å². The lowest BCUT2D eigenvalue weighted by molar-refractivity contribution is 0.100. The first-order valence-corrected chi connectivity index (χ1v) is 6.64. The Labute approximate surface area is 116 Å². The summed E-state index contributed by atoms with van der Waals surface area (Å²) in [6, 6.07) is 6.75. The van der Waals surface area contributed by atoms with Gasteiger partial charge in [0.05, 0.1) is 5.69 Å². The van der Waals surface area contributed by atoms with Gasteiger partial charge in [0.2, 0.25) is 11.8 Å². The van der Waals surface area contributed by atoms with Crippen LogP contribution in [0.15, 0.2) is 24.3 Å². The molecule has 5 heteroatoms. The van der Waals surface area contributed by atoms with Crippen LogP contribution < -0.4 is 5.73 Å². The number of benzene rings is 1. The maximum Gasteiger partial charge on any atom is 0.248 e. The first kappa shape index (κ1) is 12.6. The van der Waals surface area contributed by atoms with Crippen LogP contribution in [0, 0.1) is 0 Å². The molecule has 0 saturated carbocycles. The highest BCUT2D eigenvalue weighted by Crippen LogP contribution is 2.28. The second-order valence-electron chi connectivity index (χ2n) is 4.94. The molecule has 5 nitrogen and oxygen atoms in total. The van der Waals surface area contributed by atoms with Gasteiger partial charge in [-0.05, 0) is 37.8 Å². The van der Waals surface area contributed by atoms with E-state index in [4.69, 9.17) is 5.73 Å². The van der Waals surface area contributed by atoms with E-state index in [-0.39, 0.29) is 5.88 Å². The Morgan fingerprint density at radius 1 is 1.10 bits per heavy atom. The molecule has 0 aliphatic heterocycles. The summed E-state index contributed by atoms with van der Waals surface area (Å²) in [5, 5.41) is 10.0. The third-order valence-electron chi connectivity index (χ3n) is 3.59. The summed E-state index contributed by atoms with van der Waals surface area (Å²) in [5.41, 5.74) is 8.21. The molecule has 0 fully saturated rings. The molecule has 0 saturated heterocycles. The van der Waals surface area contributed by atoms with Gasteiger partial charge in [-0.15, -0.1) is 0 Å². The number of primary amides is 1. The van der Waals surface area contributed by atoms with Gasteiger partial charge in [-0.2, -0.15) is 4.98 Å². The van der Waals surface area contributed by atoms with Crippen molar-refractivity contribution in [2.24, 2.45) is 5.73 Å². The normalized spacial score (nSPS) is 13.8. The van der Waals surface area contributed by atoms with Crippen molar-refractivity contribution in [1.82, 2.24) is 9.97 Å². The molecule has 0 unspecified atom stereocenters. The molecular weight excluding hydrogens is 254 g/mol. The van der Waals surface area contributed by atoms with Crippen LogP contribution in [0.5, 0.6) is 5.88 Å². The summed E-state index contributed by atoms with van der Waals surface area (Å²) in [5.74, 6) is 0.0913. The number of aromatic nitrogens is 2. The lowest BCUT2D eigenvalue weighted by Gasteiger charge is -2.16. The molecular formula is C15H15N3O2. The SMILES string of the molecule is NC(=O)c1ccc(-c2nc(O)c3c(n2)CCCC3)cc1. The summed E-state index contributed by atoms with van der Waals surface area (Å²) >= 11 is 0. The Hall–Kier alpha value is -2.43. The fourth-order valence-electron chi connectivity index (χ4n) is 2.49. The van der Waals surface area contributed by atoms with Crippen molar-refractivity contribution in [3.63, 3.8) is 0 Å². The van der Waals surface area contributed by atoms with Crippen LogP contribution >= 0.6 is 0 Å². The lowest BCUT2D eigenvalue weighted by Crippen LogP contribution is -2.10. The Balaban J connectivity index is 2.01. The van der Waals surface area contributed by atoms with Crippen LogP contribution in [0.3, 0.4) is 0 Å². The standard InChI is InChI=1S/C15H15N3O2/c16-13(19)9-5-7-10(8-6-9)14-17-12-4-2-1-3-11(12)15(20)18-14/h5-8H,1-4H2,(H2,16,19)(H,17,18,20). The van der Waals surface area contributed by atoms with Crippen LogP contribution in [-0.4, -0.2) is 21.0 Å². The second kappa shape index (κ2) is 4.92. The van der Waals surface area contributed by atoms with Gasteiger partial charge in [0.1, 0.15) is 0 Å². The van der Waals surface area contributed by atoms with Crippen molar-refractivity contribution >= 4 is 5.91 Å². The Kier molecular flexibility index (Phi) is 3.10. The zero-order chi connectivity index (χ0) is 14.1. The minimum atomic E-state index is -0.467. The number of carbonyl (C=O) groups is 1. The van der Waals surface area contributed by atoms with E-state index in [1.165, 1.54) is 0 Å². The number of fused-ring (bicyclic) bond motifs is 1. The number of hydrogen-bond acceptors (Lipinski definition) is 4. The molecule has 0 radical (unpaired) electrons. The predicted octanol–water partition coefficient (Wildman–Crippen LogP) is 1.83. The third-order valence-corrected chi connectivity index (χ3v) is 3.59. The van der Waals surface area contributed by atoms with E-state index in [9.17, 15) is 9.90 Å². The van der Waals surface area contributed by atoms with E-state index in [2.05, 4.69) is 9.97 Å². The topological polar surface area (TPSA) is 89.1 Å². The number of nitrogens with zero attached hydrogens (tertiary/aromatic N) is 2. The van der Waals surface area contributed by atoms with Crippen molar-refractivity contribution in [3.8, 4) is 17.3 Å². The van der Waals surface area contributed by atoms with Gasteiger partial charge in [-0.1, -0.05) is 12.1 Å². The fraction of sp³-hybridized carbons (Fsp3) is 0.267. The third kappa shape index (κ3) is 2.22. The zero-order valence-electron chi connectivity index (χ0n) is 11.0. The summed E-state index contributed by atoms with van der Waals surface area (Å²) < 4.78 is 0. The van der Waals surface area contributed by atoms with Gasteiger partial charge >= 0.3 is 0 Å². The summed E-state index contributed by atoms with van der Waals surface area (Å²) in [6.07, 6.45) is 3.86. The van der Waals surface area contributed by atoms with Crippen molar-refractivity contribution in [2.75, 3.05) is 0 Å². The Morgan fingerprint density at radius 3 is 2.50 bits per heavy atom. The number of aryl methyl sites for hydroxylation is 1. The predicted molar refractivity (Wildman–Crippen MR) is 74.3 cm³/mol. The van der Waals surface area contributed by atoms with Crippen molar-refractivity contribution in [1.29, 1.82) is 0 Å². The van der Waals surface area contributed by atoms with Crippen LogP contribution in [0.25, 0.3) is 11.4 Å². The first-order chi connectivity index (χ1) is 9.65. The molecule has 1 amide bonds. The minimum Gasteiger partial charge on any atom is -0.493 e. The van der Waals surface area contributed by atoms with Gasteiger partial charge in [0, 0.05) is 16.7 Å². The summed E-state index contributed by atoms with van der Waals surface area (Å²) in [6.45, 7) is 0. The lowest BCUT2D eigenvalue weighted by atomic mass is 9.96. The zero-order valence-corrected chi connectivity index (χ0v) is 11.0. The van der Waals surface area contributed by atoms with Gasteiger partial charge in [0.15, 0.2) is 5.82 Å². The molecule has 0 spiro atoms. The van der Waals surface area contributed by atoms with E-state index < -0.39 is 5.91 Å². The van der Waals surface area contributed by atoms with E-state index in [0.29, 0.717) is 11.4 Å². The molecule has 1 aliphatic carbocycles. The largest absolute Gasteiger partial charge is 0.493 e. The smallest absolute Gasteiger partial charge is 0.248 e. The van der Waals surface area contributed by atoms with Crippen LogP contribution in [0.4, 0.5) is 0 Å². The average Bonchev–Trinajstić information content (AvgIpc) is 2.47. The number of carbonyl (C=O) groups excluding carboxylic acids is 1. The van der Waals surface area contributed by atoms with E-state index in [0.717, 1.165) is 42.5 Å². The minimum absolute atomic E-state index is 0.0728. The second-order valence-corrected chi connectivity index (χ2v) is 4.94. The van der Waals surface area contributed by atoms with Gasteiger partial charge in [0.25, 0.3) is 0 Å². The summed E-state index contributed by atoms with van der Waals surface area (Å²) in [4.78, 5) is 19.7. The highest BCUT2D eigenvalue weighted by molar-refractivity contribution is 5.93. The number of hydrogen-bond donors (Lipinski definition) is 2. The molecule has 1 heterocycles. The van der Waals surface area contributed by atoms with Gasteiger partial charge in [-0.3, -0.25) is 4.79 Å². The molecule has 0 bridgehead atoms. The van der Waals surface area contributed by atoms with E-state index >= 15 is 0 Å². The van der Waals surface area contributed by atoms with Crippen molar-refractivity contribution in [2.45, 2.75) is 25.7 Å². The Morgan fingerprint density at radius 2 is 1.80 bits per heavy atom. The van der Waals surface area contributed by atoms with E-state index in [1.54, 1.807) is 24.3 Å². The maximum absolute atomic E-state index is 11.0. The summed E-state index contributed by atoms with van der Waals surface area (Å²) in [7, 11) is 0. The molecule has 1 aliphatic rings. The molecule has 20 heavy (non-hydrogen) atoms. The monoisotopic (exact) mass is 269 g/mol. The number of nitrogens with two attached hydrogens (primary N) is 1. The number of aromatic hydroxyl groups is 1. The molecule has 0 atom stereocenters. The van der Waals surface area contributed by atoms with Crippen LogP contribution in [0.1, 0.15) is 34.5 Å². The number of amides is 1. The molecule has 3 N–H and O–H groups in total. The quantitative estimate of drug-likeness (QED) is 0.870. The molecule has 102 valence electrons. The highest BCUT2D eigenvalue weighted by Gasteiger charge is 2.18. The van der Waals surface area contributed by atoms with Crippen LogP contribution in [0.2, 0.25) is 0 Å². The van der Waals surface area contributed by atoms with Crippen molar-refractivity contribution in [3.05, 3.63) is 41.1 Å². The average molecular weight is 269 g/mol. The fourth-order valence-corrected chi connectivity index (χ4v) is 2.49. The van der Waals surface area contributed by atoms with Gasteiger partial charge in [-0.25, -0.2) is 4.98 Å². The highest BCUT2D eigenvalue weighted by atomic mass is 16.3. The number of rotatable bonds is 2. The molecule has 1 aromatic carbocycles. The van der Waals surface area contributed by atoms with E-state index in [1.807, 2.05) is 0 Å². The van der Waals surface area contributed by atoms with Crippen molar-refractivity contribution < 1.29 is 9.90 Å². The van der Waals surface area contributed by atoms with Gasteiger partial charge < -0.3 is 10.8 Å².